The summed E-state index contributed by atoms with van der Waals surface area (Å²) in [5, 5.41) is 20.9. The zero-order chi connectivity index (χ0) is 14.0. The molecule has 1 fully saturated rings. The van der Waals surface area contributed by atoms with Gasteiger partial charge in [-0.05, 0) is 12.1 Å². The molecule has 7 heteroatoms. The lowest BCUT2D eigenvalue weighted by atomic mass is 10.3. The number of amides is 1. The van der Waals surface area contributed by atoms with E-state index in [9.17, 15) is 23.8 Å². The number of hydrogen-bond acceptors (Lipinski definition) is 4. The molecule has 1 saturated heterocycles. The van der Waals surface area contributed by atoms with Crippen molar-refractivity contribution in [2.24, 2.45) is 0 Å². The summed E-state index contributed by atoms with van der Waals surface area (Å²) in [5.74, 6) is -2.07. The molecule has 1 aliphatic heterocycles. The molecule has 1 aliphatic rings. The number of halogens is 2. The van der Waals surface area contributed by atoms with E-state index in [4.69, 9.17) is 0 Å². The molecule has 104 valence electrons. The number of likely N-dealkylation sites (tertiary alicyclic amines) is 1. The Balaban J connectivity index is 1.91. The smallest absolute Gasteiger partial charge is 0.238 e. The van der Waals surface area contributed by atoms with Crippen molar-refractivity contribution in [1.29, 1.82) is 0 Å². The third-order valence-electron chi connectivity index (χ3n) is 2.91. The molecule has 0 unspecified atom stereocenters. The topological polar surface area (TPSA) is 72.8 Å². The number of rotatable bonds is 3. The number of nitrogens with zero attached hydrogens (tertiary/aromatic N) is 1. The van der Waals surface area contributed by atoms with Crippen LogP contribution in [0, 0.1) is 11.6 Å². The first-order chi connectivity index (χ1) is 8.95. The fourth-order valence-corrected chi connectivity index (χ4v) is 1.96. The second-order valence-corrected chi connectivity index (χ2v) is 4.50. The molecule has 5 nitrogen and oxygen atoms in total. The largest absolute Gasteiger partial charge is 0.389 e. The summed E-state index contributed by atoms with van der Waals surface area (Å²) in [4.78, 5) is 13.2. The van der Waals surface area contributed by atoms with Gasteiger partial charge in [-0.15, -0.1) is 0 Å². The minimum atomic E-state index is -0.879. The van der Waals surface area contributed by atoms with Gasteiger partial charge in [0.15, 0.2) is 0 Å². The van der Waals surface area contributed by atoms with E-state index >= 15 is 0 Å². The van der Waals surface area contributed by atoms with Gasteiger partial charge in [0.2, 0.25) is 5.91 Å². The highest BCUT2D eigenvalue weighted by Crippen LogP contribution is 2.15. The van der Waals surface area contributed by atoms with Crippen molar-refractivity contribution < 1.29 is 23.8 Å². The molecule has 2 rings (SSSR count). The Hall–Kier alpha value is -1.57. The van der Waals surface area contributed by atoms with Gasteiger partial charge in [0.05, 0.1) is 24.4 Å². The summed E-state index contributed by atoms with van der Waals surface area (Å²) in [6.07, 6.45) is -1.76. The van der Waals surface area contributed by atoms with Crippen LogP contribution in [0.25, 0.3) is 0 Å². The zero-order valence-electron chi connectivity index (χ0n) is 10.0. The summed E-state index contributed by atoms with van der Waals surface area (Å²) < 4.78 is 26.0. The Morgan fingerprint density at radius 2 is 1.95 bits per heavy atom. The van der Waals surface area contributed by atoms with Crippen molar-refractivity contribution in [2.75, 3.05) is 25.0 Å². The van der Waals surface area contributed by atoms with E-state index in [1.165, 1.54) is 0 Å². The van der Waals surface area contributed by atoms with Crippen LogP contribution in [0.4, 0.5) is 14.5 Å². The average Bonchev–Trinajstić information content (AvgIpc) is 2.62. The molecule has 0 bridgehead atoms. The van der Waals surface area contributed by atoms with Crippen LogP contribution in [0.15, 0.2) is 18.2 Å². The number of anilines is 1. The summed E-state index contributed by atoms with van der Waals surface area (Å²) in [6, 6.07) is 2.86. The molecule has 0 aliphatic carbocycles. The molecule has 1 heterocycles. The molecule has 0 saturated carbocycles. The van der Waals surface area contributed by atoms with Gasteiger partial charge >= 0.3 is 0 Å². The van der Waals surface area contributed by atoms with E-state index < -0.39 is 29.7 Å². The number of β-amino-alcohol motifs (C(OH)–C–C–N with tert-alkyl or cyclic N) is 2. The number of aliphatic hydroxyl groups excluding tert-OH is 2. The van der Waals surface area contributed by atoms with Gasteiger partial charge in [0.1, 0.15) is 11.6 Å². The lowest BCUT2D eigenvalue weighted by molar-refractivity contribution is -0.117. The monoisotopic (exact) mass is 272 g/mol. The van der Waals surface area contributed by atoms with Gasteiger partial charge in [-0.2, -0.15) is 0 Å². The summed E-state index contributed by atoms with van der Waals surface area (Å²) in [5.41, 5.74) is -0.105. The Bertz CT molecular complexity index is 474. The standard InChI is InChI=1S/C12H14F2N2O3/c13-7-1-2-9(8(14)3-7)15-12(19)6-16-4-10(17)11(18)5-16/h1-3,10-11,17-18H,4-6H2,(H,15,19)/t10-,11+. The molecule has 1 aromatic carbocycles. The van der Waals surface area contributed by atoms with E-state index in [1.807, 2.05) is 0 Å². The molecular weight excluding hydrogens is 258 g/mol. The maximum atomic E-state index is 13.3. The summed E-state index contributed by atoms with van der Waals surface area (Å²) in [6.45, 7) is 0.284. The minimum absolute atomic E-state index is 0.0784. The molecular formula is C12H14F2N2O3. The molecule has 19 heavy (non-hydrogen) atoms. The highest BCUT2D eigenvalue weighted by atomic mass is 19.1. The molecule has 0 aromatic heterocycles. The van der Waals surface area contributed by atoms with Gasteiger partial charge in [-0.3, -0.25) is 9.69 Å². The van der Waals surface area contributed by atoms with Crippen LogP contribution in [0.2, 0.25) is 0 Å². The van der Waals surface area contributed by atoms with Crippen LogP contribution in [-0.4, -0.2) is 52.9 Å². The summed E-state index contributed by atoms with van der Waals surface area (Å²) in [7, 11) is 0. The third kappa shape index (κ3) is 3.46. The van der Waals surface area contributed by atoms with E-state index in [0.29, 0.717) is 6.07 Å². The Morgan fingerprint density at radius 3 is 2.53 bits per heavy atom. The maximum absolute atomic E-state index is 13.3. The molecule has 0 radical (unpaired) electrons. The fraction of sp³-hybridized carbons (Fsp3) is 0.417. The number of hydrogen-bond donors (Lipinski definition) is 3. The van der Waals surface area contributed by atoms with Crippen LogP contribution < -0.4 is 5.32 Å². The Labute approximate surface area is 108 Å². The first-order valence-electron chi connectivity index (χ1n) is 5.79. The van der Waals surface area contributed by atoms with Crippen molar-refractivity contribution >= 4 is 11.6 Å². The zero-order valence-corrected chi connectivity index (χ0v) is 10.0. The van der Waals surface area contributed by atoms with E-state index in [2.05, 4.69) is 5.32 Å². The van der Waals surface area contributed by atoms with Crippen LogP contribution in [0.3, 0.4) is 0 Å². The maximum Gasteiger partial charge on any atom is 0.238 e. The predicted molar refractivity (Wildman–Crippen MR) is 63.4 cm³/mol. The van der Waals surface area contributed by atoms with Gasteiger partial charge in [0.25, 0.3) is 0 Å². The van der Waals surface area contributed by atoms with Crippen LogP contribution in [0.1, 0.15) is 0 Å². The van der Waals surface area contributed by atoms with Gasteiger partial charge < -0.3 is 15.5 Å². The predicted octanol–water partition coefficient (Wildman–Crippen LogP) is -0.0593. The first kappa shape index (κ1) is 13.9. The SMILES string of the molecule is O=C(CN1C[C@@H](O)[C@@H](O)C1)Nc1ccc(F)cc1F. The van der Waals surface area contributed by atoms with Crippen LogP contribution >= 0.6 is 0 Å². The average molecular weight is 272 g/mol. The number of carbonyl (C=O) groups is 1. The fourth-order valence-electron chi connectivity index (χ4n) is 1.96. The minimum Gasteiger partial charge on any atom is -0.389 e. The molecule has 3 N–H and O–H groups in total. The Morgan fingerprint density at radius 1 is 1.32 bits per heavy atom. The van der Waals surface area contributed by atoms with E-state index in [-0.39, 0.29) is 25.3 Å². The normalized spacial score (nSPS) is 23.6. The van der Waals surface area contributed by atoms with Gasteiger partial charge in [-0.1, -0.05) is 0 Å². The quantitative estimate of drug-likeness (QED) is 0.721. The molecule has 1 aromatic rings. The first-order valence-corrected chi connectivity index (χ1v) is 5.79. The molecule has 2 atom stereocenters. The lowest BCUT2D eigenvalue weighted by Crippen LogP contribution is -2.32. The van der Waals surface area contributed by atoms with Crippen LogP contribution in [-0.2, 0) is 4.79 Å². The van der Waals surface area contributed by atoms with Crippen LogP contribution in [0.5, 0.6) is 0 Å². The number of benzene rings is 1. The summed E-state index contributed by atoms with van der Waals surface area (Å²) >= 11 is 0. The molecule has 0 spiro atoms. The van der Waals surface area contributed by atoms with E-state index in [0.717, 1.165) is 12.1 Å². The second-order valence-electron chi connectivity index (χ2n) is 4.50. The Kier molecular flexibility index (Phi) is 4.08. The van der Waals surface area contributed by atoms with Crippen molar-refractivity contribution in [3.63, 3.8) is 0 Å². The number of aliphatic hydroxyl groups is 2. The third-order valence-corrected chi connectivity index (χ3v) is 2.91. The van der Waals surface area contributed by atoms with Gasteiger partial charge in [0, 0.05) is 19.2 Å². The highest BCUT2D eigenvalue weighted by Gasteiger charge is 2.30. The number of carbonyl (C=O) groups excluding carboxylic acids is 1. The lowest BCUT2D eigenvalue weighted by Gasteiger charge is -2.14. The van der Waals surface area contributed by atoms with Crippen molar-refractivity contribution in [2.45, 2.75) is 12.2 Å². The van der Waals surface area contributed by atoms with Crippen molar-refractivity contribution in [3.05, 3.63) is 29.8 Å². The number of nitrogens with one attached hydrogen (secondary N) is 1. The highest BCUT2D eigenvalue weighted by molar-refractivity contribution is 5.92. The molecule has 1 amide bonds. The van der Waals surface area contributed by atoms with Crippen molar-refractivity contribution in [3.8, 4) is 0 Å². The van der Waals surface area contributed by atoms with Gasteiger partial charge in [-0.25, -0.2) is 8.78 Å². The van der Waals surface area contributed by atoms with E-state index in [1.54, 1.807) is 4.90 Å². The van der Waals surface area contributed by atoms with Crippen molar-refractivity contribution in [1.82, 2.24) is 4.90 Å². The second kappa shape index (κ2) is 5.60.